The van der Waals surface area contributed by atoms with Crippen molar-refractivity contribution in [2.24, 2.45) is 0 Å². The van der Waals surface area contributed by atoms with Crippen LogP contribution in [0.4, 0.5) is 0 Å². The first kappa shape index (κ1) is 15.6. The normalized spacial score (nSPS) is 10.4. The number of carbonyl (C=O) groups excluding carboxylic acids is 1. The Labute approximate surface area is 130 Å². The smallest absolute Gasteiger partial charge is 0.309 e. The Morgan fingerprint density at radius 2 is 1.81 bits per heavy atom. The van der Waals surface area contributed by atoms with Crippen molar-refractivity contribution in [3.63, 3.8) is 0 Å². The lowest BCUT2D eigenvalue weighted by molar-refractivity contribution is -0.139. The number of carbonyl (C=O) groups is 1. The van der Waals surface area contributed by atoms with Crippen molar-refractivity contribution in [3.05, 3.63) is 64.7 Å². The molecule has 0 bridgehead atoms. The molecule has 0 atom stereocenters. The molecule has 0 amide bonds. The Kier molecular flexibility index (Phi) is 5.45. The van der Waals surface area contributed by atoms with Gasteiger partial charge in [-0.1, -0.05) is 42.0 Å². The maximum absolute atomic E-state index is 11.5. The average molecular weight is 300 g/mol. The number of thioether (sulfide) groups is 1. The zero-order valence-corrected chi connectivity index (χ0v) is 13.5. The predicted molar refractivity (Wildman–Crippen MR) is 87.6 cm³/mol. The Bertz CT molecular complexity index is 635. The highest BCUT2D eigenvalue weighted by Gasteiger charge is 2.08. The standard InChI is InChI=1S/C18H20O2S/c1-13-8-9-17(14(2)10-13)21-12-16-7-5-4-6-15(16)11-18(19)20-3/h4-10H,11-12H2,1-3H3. The minimum atomic E-state index is -0.195. The molecule has 21 heavy (non-hydrogen) atoms. The van der Waals surface area contributed by atoms with Crippen LogP contribution >= 0.6 is 11.8 Å². The van der Waals surface area contributed by atoms with Gasteiger partial charge in [0.05, 0.1) is 13.5 Å². The van der Waals surface area contributed by atoms with Crippen molar-refractivity contribution in [2.75, 3.05) is 7.11 Å². The van der Waals surface area contributed by atoms with Gasteiger partial charge in [-0.15, -0.1) is 11.8 Å². The molecule has 3 heteroatoms. The summed E-state index contributed by atoms with van der Waals surface area (Å²) in [5.41, 5.74) is 4.81. The first-order chi connectivity index (χ1) is 10.1. The molecule has 2 aromatic carbocycles. The van der Waals surface area contributed by atoms with Gasteiger partial charge in [-0.2, -0.15) is 0 Å². The maximum Gasteiger partial charge on any atom is 0.309 e. The molecule has 0 unspecified atom stereocenters. The van der Waals surface area contributed by atoms with Crippen molar-refractivity contribution >= 4 is 17.7 Å². The molecule has 0 aliphatic rings. The number of hydrogen-bond acceptors (Lipinski definition) is 3. The number of hydrogen-bond donors (Lipinski definition) is 0. The molecule has 0 aliphatic carbocycles. The second-order valence-electron chi connectivity index (χ2n) is 5.08. The molecule has 0 saturated heterocycles. The van der Waals surface area contributed by atoms with E-state index in [0.29, 0.717) is 6.42 Å². The molecule has 2 nitrogen and oxygen atoms in total. The summed E-state index contributed by atoms with van der Waals surface area (Å²) in [5.74, 6) is 0.663. The van der Waals surface area contributed by atoms with Gasteiger partial charge in [0.1, 0.15) is 0 Å². The molecule has 2 aromatic rings. The summed E-state index contributed by atoms with van der Waals surface area (Å²) in [6.45, 7) is 4.24. The second-order valence-corrected chi connectivity index (χ2v) is 6.10. The highest BCUT2D eigenvalue weighted by atomic mass is 32.2. The van der Waals surface area contributed by atoms with E-state index in [1.165, 1.54) is 28.7 Å². The first-order valence-corrected chi connectivity index (χ1v) is 7.92. The third-order valence-electron chi connectivity index (χ3n) is 3.39. The van der Waals surface area contributed by atoms with Crippen LogP contribution in [0.5, 0.6) is 0 Å². The SMILES string of the molecule is COC(=O)Cc1ccccc1CSc1ccc(C)cc1C. The zero-order chi connectivity index (χ0) is 15.2. The minimum absolute atomic E-state index is 0.195. The maximum atomic E-state index is 11.5. The van der Waals surface area contributed by atoms with E-state index < -0.39 is 0 Å². The molecule has 0 N–H and O–H groups in total. The molecule has 0 radical (unpaired) electrons. The minimum Gasteiger partial charge on any atom is -0.469 e. The van der Waals surface area contributed by atoms with E-state index in [-0.39, 0.29) is 5.97 Å². The Balaban J connectivity index is 2.11. The summed E-state index contributed by atoms with van der Waals surface area (Å²) in [7, 11) is 1.43. The van der Waals surface area contributed by atoms with Crippen LogP contribution in [-0.4, -0.2) is 13.1 Å². The molecule has 0 aromatic heterocycles. The van der Waals surface area contributed by atoms with Crippen LogP contribution < -0.4 is 0 Å². The van der Waals surface area contributed by atoms with E-state index in [9.17, 15) is 4.79 Å². The molecule has 2 rings (SSSR count). The van der Waals surface area contributed by atoms with E-state index in [2.05, 4.69) is 38.1 Å². The van der Waals surface area contributed by atoms with Gasteiger partial charge in [0.25, 0.3) is 0 Å². The number of methoxy groups -OCH3 is 1. The van der Waals surface area contributed by atoms with Gasteiger partial charge in [0.2, 0.25) is 0 Å². The molecule has 0 heterocycles. The van der Waals surface area contributed by atoms with Crippen LogP contribution in [0.15, 0.2) is 47.4 Å². The molecular formula is C18H20O2S. The fraction of sp³-hybridized carbons (Fsp3) is 0.278. The fourth-order valence-electron chi connectivity index (χ4n) is 2.22. The highest BCUT2D eigenvalue weighted by molar-refractivity contribution is 7.98. The average Bonchev–Trinajstić information content (AvgIpc) is 2.47. The first-order valence-electron chi connectivity index (χ1n) is 6.94. The van der Waals surface area contributed by atoms with E-state index in [0.717, 1.165) is 11.3 Å². The Morgan fingerprint density at radius 1 is 1.10 bits per heavy atom. The largest absolute Gasteiger partial charge is 0.469 e. The van der Waals surface area contributed by atoms with Gasteiger partial charge < -0.3 is 4.74 Å². The summed E-state index contributed by atoms with van der Waals surface area (Å²) in [4.78, 5) is 12.8. The van der Waals surface area contributed by atoms with Crippen molar-refractivity contribution < 1.29 is 9.53 Å². The van der Waals surface area contributed by atoms with Crippen molar-refractivity contribution in [1.29, 1.82) is 0 Å². The van der Waals surface area contributed by atoms with E-state index >= 15 is 0 Å². The van der Waals surface area contributed by atoms with Gasteiger partial charge in [-0.3, -0.25) is 4.79 Å². The quantitative estimate of drug-likeness (QED) is 0.608. The lowest BCUT2D eigenvalue weighted by Gasteiger charge is -2.10. The van der Waals surface area contributed by atoms with Crippen molar-refractivity contribution in [2.45, 2.75) is 30.9 Å². The summed E-state index contributed by atoms with van der Waals surface area (Å²) in [6, 6.07) is 14.5. The van der Waals surface area contributed by atoms with E-state index in [4.69, 9.17) is 4.74 Å². The molecular weight excluding hydrogens is 280 g/mol. The van der Waals surface area contributed by atoms with Crippen LogP contribution in [0.1, 0.15) is 22.3 Å². The topological polar surface area (TPSA) is 26.3 Å². The van der Waals surface area contributed by atoms with E-state index in [1.54, 1.807) is 11.8 Å². The number of rotatable bonds is 5. The van der Waals surface area contributed by atoms with Crippen molar-refractivity contribution in [3.8, 4) is 0 Å². The van der Waals surface area contributed by atoms with Crippen LogP contribution in [0.25, 0.3) is 0 Å². The predicted octanol–water partition coefficient (Wildman–Crippen LogP) is 4.31. The van der Waals surface area contributed by atoms with Crippen LogP contribution in [-0.2, 0) is 21.7 Å². The van der Waals surface area contributed by atoms with Crippen molar-refractivity contribution in [1.82, 2.24) is 0 Å². The Morgan fingerprint density at radius 3 is 2.48 bits per heavy atom. The van der Waals surface area contributed by atoms with Gasteiger partial charge >= 0.3 is 5.97 Å². The van der Waals surface area contributed by atoms with Gasteiger partial charge in [0, 0.05) is 10.6 Å². The van der Waals surface area contributed by atoms with Gasteiger partial charge in [0.15, 0.2) is 0 Å². The number of esters is 1. The lowest BCUT2D eigenvalue weighted by Crippen LogP contribution is -2.06. The third-order valence-corrected chi connectivity index (χ3v) is 4.62. The molecule has 110 valence electrons. The number of aryl methyl sites for hydroxylation is 2. The van der Waals surface area contributed by atoms with Crippen LogP contribution in [0.3, 0.4) is 0 Å². The molecule has 0 saturated carbocycles. The van der Waals surface area contributed by atoms with E-state index in [1.807, 2.05) is 18.2 Å². The zero-order valence-electron chi connectivity index (χ0n) is 12.7. The monoisotopic (exact) mass is 300 g/mol. The fourth-order valence-corrected chi connectivity index (χ4v) is 3.26. The second kappa shape index (κ2) is 7.32. The summed E-state index contributed by atoms with van der Waals surface area (Å²) in [5, 5.41) is 0. The number of ether oxygens (including phenoxy) is 1. The highest BCUT2D eigenvalue weighted by Crippen LogP contribution is 2.28. The number of benzene rings is 2. The van der Waals surface area contributed by atoms with Gasteiger partial charge in [-0.25, -0.2) is 0 Å². The van der Waals surface area contributed by atoms with Crippen LogP contribution in [0, 0.1) is 13.8 Å². The summed E-state index contributed by atoms with van der Waals surface area (Å²) >= 11 is 1.81. The molecule has 0 aliphatic heterocycles. The lowest BCUT2D eigenvalue weighted by atomic mass is 10.1. The molecule has 0 fully saturated rings. The van der Waals surface area contributed by atoms with Gasteiger partial charge in [-0.05, 0) is 36.6 Å². The molecule has 0 spiro atoms. The summed E-state index contributed by atoms with van der Waals surface area (Å²) in [6.07, 6.45) is 0.333. The van der Waals surface area contributed by atoms with Crippen LogP contribution in [0.2, 0.25) is 0 Å². The Hall–Kier alpha value is -1.74. The summed E-state index contributed by atoms with van der Waals surface area (Å²) < 4.78 is 4.76. The third kappa shape index (κ3) is 4.36.